The molecule has 3 rings (SSSR count). The molecule has 0 amide bonds. The van der Waals surface area contributed by atoms with E-state index in [4.69, 9.17) is 4.74 Å². The SMILES string of the molecule is COc1ccc(S(=O)(=O)NC2CCN(c3ccc(C(F)(F)F)cn3)C2)c(C)c1. The number of aromatic nitrogens is 1. The van der Waals surface area contributed by atoms with Crippen molar-refractivity contribution in [3.63, 3.8) is 0 Å². The number of sulfonamides is 1. The van der Waals surface area contributed by atoms with Crippen LogP contribution < -0.4 is 14.4 Å². The zero-order valence-corrected chi connectivity index (χ0v) is 16.1. The lowest BCUT2D eigenvalue weighted by Crippen LogP contribution is -2.37. The van der Waals surface area contributed by atoms with Gasteiger partial charge in [0, 0.05) is 25.3 Å². The summed E-state index contributed by atoms with van der Waals surface area (Å²) in [5.74, 6) is 0.951. The second kappa shape index (κ2) is 7.59. The first kappa shape index (κ1) is 20.4. The Hall–Kier alpha value is -2.33. The molecule has 0 bridgehead atoms. The van der Waals surface area contributed by atoms with E-state index in [-0.39, 0.29) is 10.9 Å². The van der Waals surface area contributed by atoms with Gasteiger partial charge >= 0.3 is 6.18 Å². The molecule has 0 aliphatic carbocycles. The van der Waals surface area contributed by atoms with E-state index in [2.05, 4.69) is 9.71 Å². The highest BCUT2D eigenvalue weighted by Gasteiger charge is 2.32. The molecule has 1 fully saturated rings. The monoisotopic (exact) mass is 415 g/mol. The molecule has 6 nitrogen and oxygen atoms in total. The van der Waals surface area contributed by atoms with Gasteiger partial charge in [0.1, 0.15) is 11.6 Å². The third-order valence-corrected chi connectivity index (χ3v) is 6.26. The van der Waals surface area contributed by atoms with E-state index in [9.17, 15) is 21.6 Å². The van der Waals surface area contributed by atoms with Gasteiger partial charge in [-0.25, -0.2) is 18.1 Å². The highest BCUT2D eigenvalue weighted by Crippen LogP contribution is 2.30. The van der Waals surface area contributed by atoms with Crippen molar-refractivity contribution in [3.05, 3.63) is 47.7 Å². The molecular weight excluding hydrogens is 395 g/mol. The predicted molar refractivity (Wildman–Crippen MR) is 97.9 cm³/mol. The maximum Gasteiger partial charge on any atom is 0.417 e. The molecule has 1 aromatic carbocycles. The number of methoxy groups -OCH3 is 1. The summed E-state index contributed by atoms with van der Waals surface area (Å²) in [5.41, 5.74) is -0.256. The molecule has 0 spiro atoms. The summed E-state index contributed by atoms with van der Waals surface area (Å²) in [5, 5.41) is 0. The molecule has 152 valence electrons. The Bertz CT molecular complexity index is 947. The van der Waals surface area contributed by atoms with Crippen molar-refractivity contribution in [2.75, 3.05) is 25.1 Å². The van der Waals surface area contributed by atoms with E-state index in [1.807, 2.05) is 0 Å². The molecule has 1 atom stereocenters. The van der Waals surface area contributed by atoms with E-state index < -0.39 is 21.8 Å². The molecule has 1 N–H and O–H groups in total. The Morgan fingerprint density at radius 1 is 1.25 bits per heavy atom. The lowest BCUT2D eigenvalue weighted by atomic mass is 10.2. The number of hydrogen-bond acceptors (Lipinski definition) is 5. The molecule has 2 aromatic rings. The fraction of sp³-hybridized carbons (Fsp3) is 0.389. The van der Waals surface area contributed by atoms with E-state index >= 15 is 0 Å². The van der Waals surface area contributed by atoms with Crippen molar-refractivity contribution in [2.45, 2.75) is 30.5 Å². The predicted octanol–water partition coefficient (Wildman–Crippen LogP) is 2.97. The molecule has 28 heavy (non-hydrogen) atoms. The average molecular weight is 415 g/mol. The van der Waals surface area contributed by atoms with Crippen LogP contribution in [0.5, 0.6) is 5.75 Å². The van der Waals surface area contributed by atoms with Gasteiger partial charge < -0.3 is 9.64 Å². The molecule has 1 aromatic heterocycles. The summed E-state index contributed by atoms with van der Waals surface area (Å²) in [7, 11) is -2.23. The number of alkyl halides is 3. The first-order chi connectivity index (χ1) is 13.1. The number of nitrogens with zero attached hydrogens (tertiary/aromatic N) is 2. The molecule has 2 heterocycles. The number of rotatable bonds is 5. The van der Waals surface area contributed by atoms with E-state index in [0.29, 0.717) is 36.6 Å². The Morgan fingerprint density at radius 2 is 2.00 bits per heavy atom. The second-order valence-electron chi connectivity index (χ2n) is 6.59. The number of anilines is 1. The van der Waals surface area contributed by atoms with Crippen molar-refractivity contribution in [1.29, 1.82) is 0 Å². The van der Waals surface area contributed by atoms with E-state index in [0.717, 1.165) is 12.3 Å². The molecule has 1 saturated heterocycles. The van der Waals surface area contributed by atoms with Crippen LogP contribution in [-0.4, -0.2) is 39.6 Å². The normalized spacial score (nSPS) is 17.8. The van der Waals surface area contributed by atoms with Crippen molar-refractivity contribution < 1.29 is 26.3 Å². The topological polar surface area (TPSA) is 71.5 Å². The van der Waals surface area contributed by atoms with Gasteiger partial charge in [0.05, 0.1) is 17.6 Å². The smallest absolute Gasteiger partial charge is 0.417 e. The highest BCUT2D eigenvalue weighted by atomic mass is 32.2. The molecule has 10 heteroatoms. The number of pyridine rings is 1. The van der Waals surface area contributed by atoms with Crippen molar-refractivity contribution in [3.8, 4) is 5.75 Å². The standard InChI is InChI=1S/C18H20F3N3O3S/c1-12-9-15(27-2)4-5-16(12)28(25,26)23-14-7-8-24(11-14)17-6-3-13(10-22-17)18(19,20)21/h3-6,9-10,14,23H,7-8,11H2,1-2H3. The van der Waals surface area contributed by atoms with Crippen molar-refractivity contribution in [1.82, 2.24) is 9.71 Å². The largest absolute Gasteiger partial charge is 0.497 e. The van der Waals surface area contributed by atoms with Crippen LogP contribution in [0.3, 0.4) is 0 Å². The third-order valence-electron chi connectivity index (χ3n) is 4.58. The van der Waals surface area contributed by atoms with Crippen LogP contribution in [0.15, 0.2) is 41.4 Å². The van der Waals surface area contributed by atoms with Gasteiger partial charge in [0.2, 0.25) is 10.0 Å². The number of halogens is 3. The molecule has 0 saturated carbocycles. The van der Waals surface area contributed by atoms with Gasteiger partial charge in [0.15, 0.2) is 0 Å². The Balaban J connectivity index is 1.69. The van der Waals surface area contributed by atoms with E-state index in [1.165, 1.54) is 19.2 Å². The minimum Gasteiger partial charge on any atom is -0.497 e. The summed E-state index contributed by atoms with van der Waals surface area (Å²) >= 11 is 0. The molecule has 1 aliphatic rings. The van der Waals surface area contributed by atoms with Crippen LogP contribution >= 0.6 is 0 Å². The average Bonchev–Trinajstić information content (AvgIpc) is 3.08. The maximum atomic E-state index is 12.7. The second-order valence-corrected chi connectivity index (χ2v) is 8.27. The number of benzene rings is 1. The number of aryl methyl sites for hydroxylation is 1. The molecule has 0 radical (unpaired) electrons. The van der Waals surface area contributed by atoms with Crippen LogP contribution in [0, 0.1) is 6.92 Å². The van der Waals surface area contributed by atoms with Crippen LogP contribution in [0.25, 0.3) is 0 Å². The summed E-state index contributed by atoms with van der Waals surface area (Å²) in [6.07, 6.45) is -3.13. The highest BCUT2D eigenvalue weighted by molar-refractivity contribution is 7.89. The number of ether oxygens (including phenoxy) is 1. The van der Waals surface area contributed by atoms with Crippen molar-refractivity contribution >= 4 is 15.8 Å². The van der Waals surface area contributed by atoms with Crippen LogP contribution in [0.1, 0.15) is 17.5 Å². The summed E-state index contributed by atoms with van der Waals surface area (Å²) in [6, 6.07) is 6.61. The zero-order valence-electron chi connectivity index (χ0n) is 15.3. The minimum atomic E-state index is -4.44. The van der Waals surface area contributed by atoms with Crippen molar-refractivity contribution in [2.24, 2.45) is 0 Å². The first-order valence-electron chi connectivity index (χ1n) is 8.55. The van der Waals surface area contributed by atoms with Gasteiger partial charge in [-0.3, -0.25) is 0 Å². The van der Waals surface area contributed by atoms with Crippen LogP contribution in [-0.2, 0) is 16.2 Å². The van der Waals surface area contributed by atoms with Gasteiger partial charge in [-0.05, 0) is 49.2 Å². The fourth-order valence-electron chi connectivity index (χ4n) is 3.14. The lowest BCUT2D eigenvalue weighted by Gasteiger charge is -2.19. The molecule has 1 unspecified atom stereocenters. The van der Waals surface area contributed by atoms with Crippen LogP contribution in [0.2, 0.25) is 0 Å². The van der Waals surface area contributed by atoms with Crippen LogP contribution in [0.4, 0.5) is 19.0 Å². The third kappa shape index (κ3) is 4.39. The zero-order chi connectivity index (χ0) is 20.5. The van der Waals surface area contributed by atoms with Gasteiger partial charge in [-0.2, -0.15) is 13.2 Å². The summed E-state index contributed by atoms with van der Waals surface area (Å²) in [6.45, 7) is 2.50. The fourth-order valence-corrected chi connectivity index (χ4v) is 4.63. The summed E-state index contributed by atoms with van der Waals surface area (Å²) in [4.78, 5) is 5.79. The Morgan fingerprint density at radius 3 is 2.57 bits per heavy atom. The molecule has 1 aliphatic heterocycles. The minimum absolute atomic E-state index is 0.166. The lowest BCUT2D eigenvalue weighted by molar-refractivity contribution is -0.137. The molecular formula is C18H20F3N3O3S. The first-order valence-corrected chi connectivity index (χ1v) is 10.0. The Labute approximate surface area is 161 Å². The summed E-state index contributed by atoms with van der Waals surface area (Å²) < 4.78 is 71.1. The van der Waals surface area contributed by atoms with Gasteiger partial charge in [-0.1, -0.05) is 0 Å². The number of nitrogens with one attached hydrogen (secondary N) is 1. The van der Waals surface area contributed by atoms with Gasteiger partial charge in [0.25, 0.3) is 0 Å². The van der Waals surface area contributed by atoms with E-state index in [1.54, 1.807) is 24.0 Å². The van der Waals surface area contributed by atoms with Gasteiger partial charge in [-0.15, -0.1) is 0 Å². The maximum absolute atomic E-state index is 12.7. The Kier molecular flexibility index (Phi) is 5.53. The number of hydrogen-bond donors (Lipinski definition) is 1. The quantitative estimate of drug-likeness (QED) is 0.813.